The molecule has 1 saturated heterocycles. The number of piperidine rings is 1. The molecule has 0 aromatic rings. The number of aliphatic hydroxyl groups excluding tert-OH is 1. The molecule has 2 atom stereocenters. The summed E-state index contributed by atoms with van der Waals surface area (Å²) in [7, 11) is 0. The summed E-state index contributed by atoms with van der Waals surface area (Å²) >= 11 is 0. The molecule has 0 spiro atoms. The van der Waals surface area contributed by atoms with Crippen LogP contribution in [0, 0.1) is 23.7 Å². The third-order valence-electron chi connectivity index (χ3n) is 5.52. The van der Waals surface area contributed by atoms with Gasteiger partial charge in [0.25, 0.3) is 0 Å². The van der Waals surface area contributed by atoms with Gasteiger partial charge in [0.1, 0.15) is 0 Å². The van der Waals surface area contributed by atoms with Crippen molar-refractivity contribution < 1.29 is 9.90 Å². The molecule has 1 saturated carbocycles. The van der Waals surface area contributed by atoms with E-state index in [0.29, 0.717) is 5.91 Å². The summed E-state index contributed by atoms with van der Waals surface area (Å²) in [6.45, 7) is 8.11. The summed E-state index contributed by atoms with van der Waals surface area (Å²) in [5.41, 5.74) is 0. The van der Waals surface area contributed by atoms with Gasteiger partial charge in [0.15, 0.2) is 0 Å². The normalized spacial score (nSPS) is 33.2. The van der Waals surface area contributed by atoms with Gasteiger partial charge in [-0.25, -0.2) is 0 Å². The summed E-state index contributed by atoms with van der Waals surface area (Å²) in [6.07, 6.45) is 6.37. The summed E-state index contributed by atoms with van der Waals surface area (Å²) < 4.78 is 0. The van der Waals surface area contributed by atoms with Gasteiger partial charge >= 0.3 is 0 Å². The first-order valence-electron chi connectivity index (χ1n) is 8.46. The Morgan fingerprint density at radius 2 is 1.70 bits per heavy atom. The number of aliphatic hydroxyl groups is 1. The lowest BCUT2D eigenvalue weighted by molar-refractivity contribution is -0.139. The smallest absolute Gasteiger partial charge is 0.225 e. The van der Waals surface area contributed by atoms with Gasteiger partial charge in [-0.05, 0) is 57.3 Å². The molecule has 3 nitrogen and oxygen atoms in total. The van der Waals surface area contributed by atoms with Crippen LogP contribution in [0.5, 0.6) is 0 Å². The summed E-state index contributed by atoms with van der Waals surface area (Å²) in [5.74, 6) is 2.45. The SMILES string of the molecule is CC(C)C1CCC(C(=O)N2CCCC(C(C)O)C2)CC1. The van der Waals surface area contributed by atoms with E-state index in [0.717, 1.165) is 50.6 Å². The highest BCUT2D eigenvalue weighted by Gasteiger charge is 2.33. The maximum atomic E-state index is 12.6. The molecular weight excluding hydrogens is 250 g/mol. The first-order valence-corrected chi connectivity index (χ1v) is 8.46. The fourth-order valence-corrected chi connectivity index (χ4v) is 3.89. The Morgan fingerprint density at radius 1 is 1.05 bits per heavy atom. The molecule has 0 radical (unpaired) electrons. The summed E-state index contributed by atoms with van der Waals surface area (Å²) in [6, 6.07) is 0. The molecule has 1 N–H and O–H groups in total. The van der Waals surface area contributed by atoms with Crippen LogP contribution in [0.15, 0.2) is 0 Å². The van der Waals surface area contributed by atoms with Crippen molar-refractivity contribution in [1.82, 2.24) is 4.90 Å². The quantitative estimate of drug-likeness (QED) is 0.863. The zero-order valence-corrected chi connectivity index (χ0v) is 13.3. The predicted octanol–water partition coefficient (Wildman–Crippen LogP) is 3.07. The van der Waals surface area contributed by atoms with Gasteiger partial charge in [-0.1, -0.05) is 13.8 Å². The maximum Gasteiger partial charge on any atom is 0.225 e. The Balaban J connectivity index is 1.85. The van der Waals surface area contributed by atoms with Crippen molar-refractivity contribution >= 4 is 5.91 Å². The van der Waals surface area contributed by atoms with Crippen LogP contribution in [0.4, 0.5) is 0 Å². The van der Waals surface area contributed by atoms with E-state index in [1.807, 2.05) is 11.8 Å². The average molecular weight is 281 g/mol. The van der Waals surface area contributed by atoms with E-state index in [1.165, 1.54) is 12.8 Å². The Kier molecular flexibility index (Phi) is 5.48. The molecule has 0 bridgehead atoms. The number of hydrogen-bond donors (Lipinski definition) is 1. The van der Waals surface area contributed by atoms with Crippen molar-refractivity contribution in [2.75, 3.05) is 13.1 Å². The van der Waals surface area contributed by atoms with Crippen molar-refractivity contribution in [1.29, 1.82) is 0 Å². The first-order chi connectivity index (χ1) is 9.49. The minimum atomic E-state index is -0.290. The highest BCUT2D eigenvalue weighted by atomic mass is 16.3. The third kappa shape index (κ3) is 3.75. The Hall–Kier alpha value is -0.570. The standard InChI is InChI=1S/C17H31NO2/c1-12(2)14-6-8-15(9-7-14)17(20)18-10-4-5-16(11-18)13(3)19/h12-16,19H,4-11H2,1-3H3. The zero-order chi connectivity index (χ0) is 14.7. The molecule has 116 valence electrons. The highest BCUT2D eigenvalue weighted by molar-refractivity contribution is 5.79. The van der Waals surface area contributed by atoms with Crippen molar-refractivity contribution in [3.63, 3.8) is 0 Å². The molecule has 2 fully saturated rings. The van der Waals surface area contributed by atoms with Crippen LogP contribution in [0.3, 0.4) is 0 Å². The van der Waals surface area contributed by atoms with Crippen LogP contribution in [0.2, 0.25) is 0 Å². The van der Waals surface area contributed by atoms with Gasteiger partial charge in [0, 0.05) is 24.9 Å². The molecular formula is C17H31NO2. The van der Waals surface area contributed by atoms with E-state index in [9.17, 15) is 9.90 Å². The first kappa shape index (κ1) is 15.8. The van der Waals surface area contributed by atoms with Crippen molar-refractivity contribution in [3.8, 4) is 0 Å². The fraction of sp³-hybridized carbons (Fsp3) is 0.941. The number of rotatable bonds is 3. The number of amides is 1. The van der Waals surface area contributed by atoms with Crippen LogP contribution in [0.1, 0.15) is 59.3 Å². The molecule has 20 heavy (non-hydrogen) atoms. The second-order valence-corrected chi connectivity index (χ2v) is 7.28. The Bertz CT molecular complexity index is 319. The fourth-order valence-electron chi connectivity index (χ4n) is 3.89. The molecule has 2 rings (SSSR count). The maximum absolute atomic E-state index is 12.6. The minimum Gasteiger partial charge on any atom is -0.393 e. The van der Waals surface area contributed by atoms with Crippen LogP contribution >= 0.6 is 0 Å². The number of likely N-dealkylation sites (tertiary alicyclic amines) is 1. The van der Waals surface area contributed by atoms with E-state index in [-0.39, 0.29) is 17.9 Å². The number of hydrogen-bond acceptors (Lipinski definition) is 2. The largest absolute Gasteiger partial charge is 0.393 e. The van der Waals surface area contributed by atoms with Gasteiger partial charge in [-0.2, -0.15) is 0 Å². The average Bonchev–Trinajstić information content (AvgIpc) is 2.46. The second-order valence-electron chi connectivity index (χ2n) is 7.28. The molecule has 0 aromatic carbocycles. The van der Waals surface area contributed by atoms with E-state index >= 15 is 0 Å². The molecule has 1 aliphatic carbocycles. The van der Waals surface area contributed by atoms with Crippen molar-refractivity contribution in [2.24, 2.45) is 23.7 Å². The number of nitrogens with zero attached hydrogens (tertiary/aromatic N) is 1. The molecule has 0 aromatic heterocycles. The van der Waals surface area contributed by atoms with Gasteiger partial charge in [0.05, 0.1) is 6.10 Å². The third-order valence-corrected chi connectivity index (χ3v) is 5.52. The second kappa shape index (κ2) is 6.93. The molecule has 2 unspecified atom stereocenters. The van der Waals surface area contributed by atoms with Gasteiger partial charge in [0.2, 0.25) is 5.91 Å². The van der Waals surface area contributed by atoms with Gasteiger partial charge in [-0.3, -0.25) is 4.79 Å². The number of carbonyl (C=O) groups excluding carboxylic acids is 1. The molecule has 2 aliphatic rings. The van der Waals surface area contributed by atoms with E-state index in [1.54, 1.807) is 0 Å². The minimum absolute atomic E-state index is 0.248. The lowest BCUT2D eigenvalue weighted by atomic mass is 9.76. The summed E-state index contributed by atoms with van der Waals surface area (Å²) in [4.78, 5) is 14.7. The van der Waals surface area contributed by atoms with E-state index < -0.39 is 0 Å². The molecule has 1 amide bonds. The van der Waals surface area contributed by atoms with Gasteiger partial charge in [-0.15, -0.1) is 0 Å². The molecule has 1 aliphatic heterocycles. The van der Waals surface area contributed by atoms with Gasteiger partial charge < -0.3 is 10.0 Å². The monoisotopic (exact) mass is 281 g/mol. The van der Waals surface area contributed by atoms with E-state index in [2.05, 4.69) is 13.8 Å². The topological polar surface area (TPSA) is 40.5 Å². The van der Waals surface area contributed by atoms with Crippen molar-refractivity contribution in [3.05, 3.63) is 0 Å². The molecule has 1 heterocycles. The molecule has 3 heteroatoms. The highest BCUT2D eigenvalue weighted by Crippen LogP contribution is 2.34. The number of carbonyl (C=O) groups is 1. The van der Waals surface area contributed by atoms with Crippen molar-refractivity contribution in [2.45, 2.75) is 65.4 Å². The summed E-state index contributed by atoms with van der Waals surface area (Å²) in [5, 5.41) is 9.74. The van der Waals surface area contributed by atoms with E-state index in [4.69, 9.17) is 0 Å². The zero-order valence-electron chi connectivity index (χ0n) is 13.3. The Morgan fingerprint density at radius 3 is 2.25 bits per heavy atom. The Labute approximate surface area is 123 Å². The van der Waals surface area contributed by atoms with Crippen LogP contribution in [-0.2, 0) is 4.79 Å². The van der Waals surface area contributed by atoms with Crippen LogP contribution in [0.25, 0.3) is 0 Å². The lowest BCUT2D eigenvalue weighted by Gasteiger charge is -2.38. The van der Waals surface area contributed by atoms with Crippen LogP contribution < -0.4 is 0 Å². The van der Waals surface area contributed by atoms with Crippen LogP contribution in [-0.4, -0.2) is 35.1 Å². The predicted molar refractivity (Wildman–Crippen MR) is 81.3 cm³/mol. The lowest BCUT2D eigenvalue weighted by Crippen LogP contribution is -2.46.